The predicted molar refractivity (Wildman–Crippen MR) is 85.6 cm³/mol. The number of nitrogens with zero attached hydrogens (tertiary/aromatic N) is 3. The van der Waals surface area contributed by atoms with Crippen molar-refractivity contribution in [2.45, 2.75) is 19.4 Å². The third-order valence-electron chi connectivity index (χ3n) is 4.08. The Morgan fingerprint density at radius 1 is 1.36 bits per heavy atom. The van der Waals surface area contributed by atoms with E-state index in [-0.39, 0.29) is 36.1 Å². The number of nitrogens with one attached hydrogen (secondary N) is 1. The molecule has 1 fully saturated rings. The molecule has 2 aromatic rings. The van der Waals surface area contributed by atoms with Gasteiger partial charge in [-0.1, -0.05) is 0 Å². The summed E-state index contributed by atoms with van der Waals surface area (Å²) in [7, 11) is 2.83. The van der Waals surface area contributed by atoms with Crippen LogP contribution in [0.2, 0.25) is 0 Å². The van der Waals surface area contributed by atoms with Gasteiger partial charge in [0.1, 0.15) is 18.3 Å². The average Bonchev–Trinajstić information content (AvgIpc) is 3.00. The number of carbonyl (C=O) groups is 1. The zero-order chi connectivity index (χ0) is 18.1. The van der Waals surface area contributed by atoms with Gasteiger partial charge in [0.05, 0.1) is 24.7 Å². The summed E-state index contributed by atoms with van der Waals surface area (Å²) in [5.41, 5.74) is 1.56. The van der Waals surface area contributed by atoms with Crippen molar-refractivity contribution < 1.29 is 23.9 Å². The molecule has 1 aliphatic rings. The maximum atomic E-state index is 11.8. The van der Waals surface area contributed by atoms with E-state index in [0.717, 1.165) is 0 Å². The minimum absolute atomic E-state index is 0.101. The number of nitro groups is 1. The molecule has 1 atom stereocenters. The molecule has 1 saturated heterocycles. The molecule has 0 aliphatic carbocycles. The number of nitro benzene ring substituents is 1. The zero-order valence-corrected chi connectivity index (χ0v) is 13.9. The molecule has 1 aromatic heterocycles. The lowest BCUT2D eigenvalue weighted by Gasteiger charge is -2.14. The fourth-order valence-electron chi connectivity index (χ4n) is 2.77. The van der Waals surface area contributed by atoms with Gasteiger partial charge in [-0.3, -0.25) is 20.2 Å². The molecule has 132 valence electrons. The first-order valence-corrected chi connectivity index (χ1v) is 7.42. The SMILES string of the molecule is COc1nc2cc([N+](=O)[O-])c(C)c(CC3NCOC3=O)c2nc1OC. The first-order chi connectivity index (χ1) is 12.0. The van der Waals surface area contributed by atoms with Gasteiger partial charge >= 0.3 is 5.97 Å². The molecule has 25 heavy (non-hydrogen) atoms. The summed E-state index contributed by atoms with van der Waals surface area (Å²) in [6.07, 6.45) is 0.188. The Labute approximate surface area is 142 Å². The third-order valence-corrected chi connectivity index (χ3v) is 4.08. The quantitative estimate of drug-likeness (QED) is 0.476. The molecule has 1 aliphatic heterocycles. The third kappa shape index (κ3) is 2.91. The van der Waals surface area contributed by atoms with Crippen LogP contribution in [0.3, 0.4) is 0 Å². The number of methoxy groups -OCH3 is 2. The topological polar surface area (TPSA) is 126 Å². The molecular formula is C15H16N4O6. The fraction of sp³-hybridized carbons (Fsp3) is 0.400. The lowest BCUT2D eigenvalue weighted by atomic mass is 9.97. The summed E-state index contributed by atoms with van der Waals surface area (Å²) < 4.78 is 15.2. The second-order valence-electron chi connectivity index (χ2n) is 5.43. The van der Waals surface area contributed by atoms with E-state index in [1.54, 1.807) is 6.92 Å². The van der Waals surface area contributed by atoms with Crippen LogP contribution in [0.1, 0.15) is 11.1 Å². The summed E-state index contributed by atoms with van der Waals surface area (Å²) in [6, 6.07) is 0.738. The van der Waals surface area contributed by atoms with Gasteiger partial charge in [-0.2, -0.15) is 0 Å². The number of esters is 1. The highest BCUT2D eigenvalue weighted by Gasteiger charge is 2.30. The highest BCUT2D eigenvalue weighted by Crippen LogP contribution is 2.33. The number of carbonyl (C=O) groups excluding carboxylic acids is 1. The van der Waals surface area contributed by atoms with Crippen LogP contribution in [-0.2, 0) is 16.0 Å². The van der Waals surface area contributed by atoms with Crippen LogP contribution >= 0.6 is 0 Å². The van der Waals surface area contributed by atoms with Crippen molar-refractivity contribution in [3.05, 3.63) is 27.3 Å². The first kappa shape index (κ1) is 16.8. The van der Waals surface area contributed by atoms with Gasteiger partial charge in [0, 0.05) is 18.1 Å². The van der Waals surface area contributed by atoms with Gasteiger partial charge in [0.25, 0.3) is 17.4 Å². The highest BCUT2D eigenvalue weighted by molar-refractivity contribution is 5.86. The van der Waals surface area contributed by atoms with E-state index in [4.69, 9.17) is 14.2 Å². The normalized spacial score (nSPS) is 16.8. The maximum absolute atomic E-state index is 11.8. The van der Waals surface area contributed by atoms with E-state index in [0.29, 0.717) is 16.6 Å². The molecule has 2 heterocycles. The number of aromatic nitrogens is 2. The smallest absolute Gasteiger partial charge is 0.324 e. The summed E-state index contributed by atoms with van der Waals surface area (Å²) in [5, 5.41) is 14.3. The van der Waals surface area contributed by atoms with E-state index < -0.39 is 16.9 Å². The van der Waals surface area contributed by atoms with Gasteiger partial charge in [-0.05, 0) is 12.5 Å². The van der Waals surface area contributed by atoms with Crippen LogP contribution < -0.4 is 14.8 Å². The van der Waals surface area contributed by atoms with Crippen molar-refractivity contribution in [1.82, 2.24) is 15.3 Å². The number of hydrogen-bond donors (Lipinski definition) is 1. The summed E-state index contributed by atoms with van der Waals surface area (Å²) in [6.45, 7) is 1.73. The molecule has 0 saturated carbocycles. The van der Waals surface area contributed by atoms with Crippen LogP contribution in [0.5, 0.6) is 11.8 Å². The molecular weight excluding hydrogens is 332 g/mol. The van der Waals surface area contributed by atoms with E-state index in [1.165, 1.54) is 20.3 Å². The molecule has 1 unspecified atom stereocenters. The van der Waals surface area contributed by atoms with Crippen molar-refractivity contribution in [3.8, 4) is 11.8 Å². The molecule has 10 heteroatoms. The minimum atomic E-state index is -0.598. The Kier molecular flexibility index (Phi) is 4.36. The van der Waals surface area contributed by atoms with Crippen LogP contribution in [0, 0.1) is 17.0 Å². The zero-order valence-electron chi connectivity index (χ0n) is 13.9. The summed E-state index contributed by atoms with van der Waals surface area (Å²) in [5.74, 6) is -0.128. The van der Waals surface area contributed by atoms with E-state index in [9.17, 15) is 14.9 Å². The lowest BCUT2D eigenvalue weighted by Crippen LogP contribution is -2.30. The average molecular weight is 348 g/mol. The molecule has 10 nitrogen and oxygen atoms in total. The molecule has 3 rings (SSSR count). The monoisotopic (exact) mass is 348 g/mol. The molecule has 0 amide bonds. The van der Waals surface area contributed by atoms with Crippen molar-refractivity contribution in [2.24, 2.45) is 0 Å². The van der Waals surface area contributed by atoms with Crippen molar-refractivity contribution in [3.63, 3.8) is 0 Å². The maximum Gasteiger partial charge on any atom is 0.324 e. The molecule has 1 aromatic carbocycles. The lowest BCUT2D eigenvalue weighted by molar-refractivity contribution is -0.385. The first-order valence-electron chi connectivity index (χ1n) is 7.42. The Morgan fingerprint density at radius 2 is 2.04 bits per heavy atom. The molecule has 0 spiro atoms. The van der Waals surface area contributed by atoms with Crippen molar-refractivity contribution in [1.29, 1.82) is 0 Å². The number of rotatable bonds is 5. The molecule has 0 bridgehead atoms. The number of fused-ring (bicyclic) bond motifs is 1. The standard InChI is InChI=1S/C15H16N4O6/c1-7-8(4-10-15(20)25-6-16-10)12-9(5-11(7)19(21)22)17-13(23-2)14(18-12)24-3/h5,10,16H,4,6H2,1-3H3. The van der Waals surface area contributed by atoms with E-state index in [1.807, 2.05) is 0 Å². The second kappa shape index (κ2) is 6.48. The number of ether oxygens (including phenoxy) is 3. The summed E-state index contributed by atoms with van der Waals surface area (Å²) >= 11 is 0. The minimum Gasteiger partial charge on any atom is -0.477 e. The van der Waals surface area contributed by atoms with Gasteiger partial charge in [0.15, 0.2) is 0 Å². The van der Waals surface area contributed by atoms with Gasteiger partial charge in [-0.25, -0.2) is 9.97 Å². The van der Waals surface area contributed by atoms with Crippen molar-refractivity contribution in [2.75, 3.05) is 21.0 Å². The fourth-order valence-corrected chi connectivity index (χ4v) is 2.77. The molecule has 0 radical (unpaired) electrons. The summed E-state index contributed by atoms with van der Waals surface area (Å²) in [4.78, 5) is 31.3. The van der Waals surface area contributed by atoms with Gasteiger partial charge < -0.3 is 14.2 Å². The number of hydrogen-bond acceptors (Lipinski definition) is 9. The van der Waals surface area contributed by atoms with Crippen molar-refractivity contribution >= 4 is 22.7 Å². The second-order valence-corrected chi connectivity index (χ2v) is 5.43. The Hall–Kier alpha value is -3.01. The largest absolute Gasteiger partial charge is 0.477 e. The highest BCUT2D eigenvalue weighted by atomic mass is 16.6. The Balaban J connectivity index is 2.24. The van der Waals surface area contributed by atoms with Crippen LogP contribution in [0.15, 0.2) is 6.07 Å². The van der Waals surface area contributed by atoms with Crippen LogP contribution in [0.4, 0.5) is 5.69 Å². The number of benzene rings is 1. The van der Waals surface area contributed by atoms with E-state index in [2.05, 4.69) is 15.3 Å². The number of cyclic esters (lactones) is 1. The molecule has 1 N–H and O–H groups in total. The Bertz CT molecular complexity index is 869. The van der Waals surface area contributed by atoms with E-state index >= 15 is 0 Å². The van der Waals surface area contributed by atoms with Gasteiger partial charge in [-0.15, -0.1) is 0 Å². The van der Waals surface area contributed by atoms with Gasteiger partial charge in [0.2, 0.25) is 0 Å². The predicted octanol–water partition coefficient (Wildman–Crippen LogP) is 0.879. The Morgan fingerprint density at radius 3 is 2.60 bits per heavy atom. The van der Waals surface area contributed by atoms with Crippen LogP contribution in [-0.4, -0.2) is 47.9 Å². The van der Waals surface area contributed by atoms with Crippen LogP contribution in [0.25, 0.3) is 11.0 Å².